The maximum Gasteiger partial charge on any atom is 0.269 e. The first kappa shape index (κ1) is 24.4. The van der Waals surface area contributed by atoms with E-state index in [9.17, 15) is 9.59 Å². The average molecular weight is 533 g/mol. The summed E-state index contributed by atoms with van der Waals surface area (Å²) in [6, 6.07) is 21.7. The van der Waals surface area contributed by atoms with Gasteiger partial charge in [0.05, 0.1) is 18.0 Å². The molecule has 3 aromatic rings. The van der Waals surface area contributed by atoms with Gasteiger partial charge < -0.3 is 9.64 Å². The number of thioether (sulfide) groups is 1. The third-order valence-electron chi connectivity index (χ3n) is 7.96. The van der Waals surface area contributed by atoms with Gasteiger partial charge >= 0.3 is 0 Å². The molecule has 190 valence electrons. The number of halogens is 1. The molecule has 3 aliphatic heterocycles. The van der Waals surface area contributed by atoms with Crippen LogP contribution in [0.1, 0.15) is 50.8 Å². The first-order valence-corrected chi connectivity index (χ1v) is 13.9. The lowest BCUT2D eigenvalue weighted by atomic mass is 9.65. The molecule has 2 atom stereocenters. The van der Waals surface area contributed by atoms with Crippen LogP contribution in [-0.4, -0.2) is 29.7 Å². The van der Waals surface area contributed by atoms with E-state index in [-0.39, 0.29) is 23.0 Å². The maximum absolute atomic E-state index is 14.6. The highest BCUT2D eigenvalue weighted by Crippen LogP contribution is 2.63. The number of rotatable bonds is 4. The number of hydrogen-bond acceptors (Lipinski definition) is 4. The summed E-state index contributed by atoms with van der Waals surface area (Å²) in [6.07, 6.45) is 0.738. The minimum absolute atomic E-state index is 0.0529. The number of nitrogens with zero attached hydrogens (tertiary/aromatic N) is 2. The van der Waals surface area contributed by atoms with Crippen LogP contribution in [0.4, 0.5) is 11.4 Å². The lowest BCUT2D eigenvalue weighted by Gasteiger charge is -2.50. The smallest absolute Gasteiger partial charge is 0.269 e. The van der Waals surface area contributed by atoms with Crippen molar-refractivity contribution in [1.29, 1.82) is 0 Å². The summed E-state index contributed by atoms with van der Waals surface area (Å²) in [6.45, 7) is 9.00. The molecule has 0 N–H and O–H groups in total. The summed E-state index contributed by atoms with van der Waals surface area (Å²) < 4.78 is 5.61. The van der Waals surface area contributed by atoms with Crippen LogP contribution >= 0.6 is 23.4 Å². The van der Waals surface area contributed by atoms with Crippen molar-refractivity contribution >= 4 is 46.6 Å². The third kappa shape index (κ3) is 3.31. The number of anilines is 2. The average Bonchev–Trinajstić information content (AvgIpc) is 3.34. The Balaban J connectivity index is 1.57. The molecule has 5 nitrogen and oxygen atoms in total. The monoisotopic (exact) mass is 532 g/mol. The van der Waals surface area contributed by atoms with Crippen molar-refractivity contribution in [2.45, 2.75) is 49.9 Å². The molecule has 2 unspecified atom stereocenters. The van der Waals surface area contributed by atoms with Gasteiger partial charge in [-0.2, -0.15) is 0 Å². The van der Waals surface area contributed by atoms with Crippen LogP contribution in [-0.2, 0) is 19.9 Å². The molecule has 3 aromatic carbocycles. The Morgan fingerprint density at radius 3 is 2.27 bits per heavy atom. The first-order chi connectivity index (χ1) is 17.6. The van der Waals surface area contributed by atoms with E-state index in [1.54, 1.807) is 4.90 Å². The number of hydrogen-bond donors (Lipinski definition) is 0. The highest BCUT2D eigenvalue weighted by molar-refractivity contribution is 8.02. The van der Waals surface area contributed by atoms with Gasteiger partial charge in [-0.05, 0) is 74.7 Å². The zero-order valence-corrected chi connectivity index (χ0v) is 22.9. The topological polar surface area (TPSA) is 49.9 Å². The molecule has 0 aromatic heterocycles. The van der Waals surface area contributed by atoms with E-state index in [4.69, 9.17) is 16.3 Å². The van der Waals surface area contributed by atoms with Crippen LogP contribution in [0.15, 0.2) is 66.7 Å². The molecule has 0 bridgehead atoms. The van der Waals surface area contributed by atoms with E-state index in [1.165, 1.54) is 11.8 Å². The highest BCUT2D eigenvalue weighted by Gasteiger charge is 2.65. The number of para-hydroxylation sites is 1. The number of carbonyl (C=O) groups is 2. The van der Waals surface area contributed by atoms with E-state index in [2.05, 4.69) is 39.0 Å². The van der Waals surface area contributed by atoms with E-state index in [0.29, 0.717) is 17.3 Å². The van der Waals surface area contributed by atoms with Crippen LogP contribution in [0.3, 0.4) is 0 Å². The van der Waals surface area contributed by atoms with E-state index in [0.717, 1.165) is 34.5 Å². The highest BCUT2D eigenvalue weighted by atomic mass is 35.5. The van der Waals surface area contributed by atoms with Crippen molar-refractivity contribution in [2.75, 3.05) is 22.2 Å². The van der Waals surface area contributed by atoms with Gasteiger partial charge in [-0.25, -0.2) is 0 Å². The van der Waals surface area contributed by atoms with Gasteiger partial charge in [0, 0.05) is 27.2 Å². The molecular weight excluding hydrogens is 504 g/mol. The predicted octanol–water partition coefficient (Wildman–Crippen LogP) is 6.51. The van der Waals surface area contributed by atoms with Crippen LogP contribution in [0.5, 0.6) is 5.75 Å². The Hall–Kier alpha value is -2.96. The second-order valence-electron chi connectivity index (χ2n) is 10.8. The molecule has 3 aliphatic rings. The molecule has 0 radical (unpaired) electrons. The molecular formula is C30H29ClN2O3S. The molecule has 1 saturated heterocycles. The molecule has 1 spiro atoms. The van der Waals surface area contributed by atoms with Gasteiger partial charge in [0.2, 0.25) is 10.8 Å². The molecule has 2 amide bonds. The van der Waals surface area contributed by atoms with E-state index in [1.807, 2.05) is 60.4 Å². The zero-order chi connectivity index (χ0) is 26.2. The zero-order valence-electron chi connectivity index (χ0n) is 21.4. The standard InChI is InChI=1S/C30H29ClN2O3S/c1-5-36-22-15-13-21(14-16-22)32-25(34)17-37-30(32)24-8-6-7-23-26(24)33(27(30)35)28(2,3)18-29(23,4)19-9-11-20(31)12-10-19/h6-16H,5,17-18H2,1-4H3. The normalized spacial score (nSPS) is 25.6. The van der Waals surface area contributed by atoms with Crippen molar-refractivity contribution in [3.05, 3.63) is 88.4 Å². The van der Waals surface area contributed by atoms with Gasteiger partial charge in [-0.1, -0.05) is 48.9 Å². The minimum Gasteiger partial charge on any atom is -0.494 e. The molecule has 6 rings (SSSR count). The van der Waals surface area contributed by atoms with Crippen molar-refractivity contribution in [2.24, 2.45) is 0 Å². The quantitative estimate of drug-likeness (QED) is 0.384. The van der Waals surface area contributed by atoms with Gasteiger partial charge in [-0.15, -0.1) is 11.8 Å². The molecule has 7 heteroatoms. The second-order valence-corrected chi connectivity index (χ2v) is 12.4. The first-order valence-electron chi connectivity index (χ1n) is 12.6. The number of benzene rings is 3. The number of amides is 2. The lowest BCUT2D eigenvalue weighted by Crippen LogP contribution is -2.58. The fourth-order valence-electron chi connectivity index (χ4n) is 6.57. The maximum atomic E-state index is 14.6. The molecule has 3 heterocycles. The fraction of sp³-hybridized carbons (Fsp3) is 0.333. The summed E-state index contributed by atoms with van der Waals surface area (Å²) in [5, 5.41) is 0.698. The second kappa shape index (κ2) is 8.27. The van der Waals surface area contributed by atoms with Crippen LogP contribution < -0.4 is 14.5 Å². The van der Waals surface area contributed by atoms with E-state index < -0.39 is 10.4 Å². The van der Waals surface area contributed by atoms with E-state index >= 15 is 0 Å². The largest absolute Gasteiger partial charge is 0.494 e. The van der Waals surface area contributed by atoms with Crippen molar-refractivity contribution in [3.8, 4) is 5.75 Å². The van der Waals surface area contributed by atoms with Gasteiger partial charge in [0.15, 0.2) is 0 Å². The predicted molar refractivity (Wildman–Crippen MR) is 150 cm³/mol. The van der Waals surface area contributed by atoms with Gasteiger partial charge in [0.25, 0.3) is 5.91 Å². The number of ether oxygens (including phenoxy) is 1. The number of fused-ring (bicyclic) bond motifs is 1. The summed E-state index contributed by atoms with van der Waals surface area (Å²) in [4.78, 5) is 30.5. The Bertz CT molecular complexity index is 1420. The molecule has 0 aliphatic carbocycles. The van der Waals surface area contributed by atoms with Crippen molar-refractivity contribution in [3.63, 3.8) is 0 Å². The van der Waals surface area contributed by atoms with Crippen LogP contribution in [0.2, 0.25) is 5.02 Å². The Kier molecular flexibility index (Phi) is 5.45. The Labute approximate surface area is 226 Å². The summed E-state index contributed by atoms with van der Waals surface area (Å²) in [5.41, 5.74) is 3.95. The molecule has 0 saturated carbocycles. The molecule has 37 heavy (non-hydrogen) atoms. The Morgan fingerprint density at radius 2 is 1.59 bits per heavy atom. The SMILES string of the molecule is CCOc1ccc(N2C(=O)CSC23C(=O)N2c4c(cccc43)C(C)(c3ccc(Cl)cc3)CC2(C)C)cc1. The lowest BCUT2D eigenvalue weighted by molar-refractivity contribution is -0.124. The fourth-order valence-corrected chi connectivity index (χ4v) is 8.03. The number of carbonyl (C=O) groups excluding carboxylic acids is 2. The molecule has 1 fully saturated rings. The van der Waals surface area contributed by atoms with Gasteiger partial charge in [0.1, 0.15) is 5.75 Å². The van der Waals surface area contributed by atoms with Crippen molar-refractivity contribution in [1.82, 2.24) is 0 Å². The third-order valence-corrected chi connectivity index (χ3v) is 9.60. The van der Waals surface area contributed by atoms with Crippen LogP contribution in [0, 0.1) is 0 Å². The van der Waals surface area contributed by atoms with Gasteiger partial charge in [-0.3, -0.25) is 14.5 Å². The summed E-state index contributed by atoms with van der Waals surface area (Å²) in [5.74, 6) is 0.853. The summed E-state index contributed by atoms with van der Waals surface area (Å²) in [7, 11) is 0. The minimum atomic E-state index is -1.14. The van der Waals surface area contributed by atoms with Crippen LogP contribution in [0.25, 0.3) is 0 Å². The summed E-state index contributed by atoms with van der Waals surface area (Å²) >= 11 is 7.65. The van der Waals surface area contributed by atoms with Crippen molar-refractivity contribution < 1.29 is 14.3 Å². The Morgan fingerprint density at radius 1 is 0.919 bits per heavy atom.